The third-order valence-electron chi connectivity index (χ3n) is 3.09. The van der Waals surface area contributed by atoms with Crippen molar-refractivity contribution in [2.75, 3.05) is 5.33 Å². The molecule has 1 heterocycles. The van der Waals surface area contributed by atoms with Crippen molar-refractivity contribution in [1.82, 2.24) is 9.78 Å². The molecule has 1 atom stereocenters. The molecule has 1 rings (SSSR count). The molecular weight excluding hydrogens is 344 g/mol. The van der Waals surface area contributed by atoms with Gasteiger partial charge < -0.3 is 0 Å². The van der Waals surface area contributed by atoms with Crippen LogP contribution in [0.4, 0.5) is 0 Å². The largest absolute Gasteiger partial charge is 0.268 e. The van der Waals surface area contributed by atoms with E-state index in [4.69, 9.17) is 0 Å². The zero-order valence-electron chi connectivity index (χ0n) is 11.0. The van der Waals surface area contributed by atoms with Crippen LogP contribution in [-0.4, -0.2) is 15.1 Å². The molecule has 0 N–H and O–H groups in total. The van der Waals surface area contributed by atoms with Crippen LogP contribution in [0.5, 0.6) is 0 Å². The van der Waals surface area contributed by atoms with Crippen molar-refractivity contribution >= 4 is 31.9 Å². The molecule has 0 aromatic carbocycles. The second-order valence-electron chi connectivity index (χ2n) is 4.39. The lowest BCUT2D eigenvalue weighted by Gasteiger charge is -2.14. The van der Waals surface area contributed by atoms with Crippen LogP contribution >= 0.6 is 31.9 Å². The Hall–Kier alpha value is 0.170. The summed E-state index contributed by atoms with van der Waals surface area (Å²) in [5, 5.41) is 5.72. The number of hydrogen-bond donors (Lipinski definition) is 0. The Bertz CT molecular complexity index is 347. The first kappa shape index (κ1) is 15.2. The monoisotopic (exact) mass is 364 g/mol. The van der Waals surface area contributed by atoms with Crippen molar-refractivity contribution in [3.63, 3.8) is 0 Å². The normalized spacial score (nSPS) is 13.0. The standard InChI is InChI=1S/C13H22Br2N2/c1-4-7-10(9-14)8-12-13(15)11(5-2)16-17(12)6-3/h10H,4-9H2,1-3H3. The topological polar surface area (TPSA) is 17.8 Å². The van der Waals surface area contributed by atoms with Gasteiger partial charge in [0.1, 0.15) is 0 Å². The average molecular weight is 366 g/mol. The molecule has 0 aliphatic heterocycles. The van der Waals surface area contributed by atoms with Crippen LogP contribution in [-0.2, 0) is 19.4 Å². The number of halogens is 2. The lowest BCUT2D eigenvalue weighted by Crippen LogP contribution is -2.11. The van der Waals surface area contributed by atoms with Crippen molar-refractivity contribution < 1.29 is 0 Å². The number of rotatable bonds is 7. The second kappa shape index (κ2) is 7.57. The molecule has 0 spiro atoms. The van der Waals surface area contributed by atoms with Crippen LogP contribution in [0.25, 0.3) is 0 Å². The van der Waals surface area contributed by atoms with E-state index < -0.39 is 0 Å². The minimum absolute atomic E-state index is 0.711. The lowest BCUT2D eigenvalue weighted by atomic mass is 10.00. The van der Waals surface area contributed by atoms with E-state index in [1.54, 1.807) is 0 Å². The van der Waals surface area contributed by atoms with Crippen molar-refractivity contribution in [3.05, 3.63) is 15.9 Å². The van der Waals surface area contributed by atoms with Crippen molar-refractivity contribution in [2.24, 2.45) is 5.92 Å². The Morgan fingerprint density at radius 2 is 2.00 bits per heavy atom. The van der Waals surface area contributed by atoms with Crippen LogP contribution < -0.4 is 0 Å². The third kappa shape index (κ3) is 3.82. The quantitative estimate of drug-likeness (QED) is 0.646. The number of aromatic nitrogens is 2. The summed E-state index contributed by atoms with van der Waals surface area (Å²) in [6, 6.07) is 0. The maximum atomic E-state index is 4.65. The van der Waals surface area contributed by atoms with E-state index in [2.05, 4.69) is 62.4 Å². The maximum absolute atomic E-state index is 4.65. The summed E-state index contributed by atoms with van der Waals surface area (Å²) in [5.41, 5.74) is 2.55. The Labute approximate surface area is 121 Å². The summed E-state index contributed by atoms with van der Waals surface area (Å²) in [4.78, 5) is 0. The zero-order valence-corrected chi connectivity index (χ0v) is 14.1. The van der Waals surface area contributed by atoms with Gasteiger partial charge in [-0.05, 0) is 48.0 Å². The van der Waals surface area contributed by atoms with Crippen LogP contribution in [0.15, 0.2) is 4.47 Å². The SMILES string of the molecule is CCCC(CBr)Cc1c(Br)c(CC)nn1CC. The van der Waals surface area contributed by atoms with Gasteiger partial charge in [0, 0.05) is 11.9 Å². The van der Waals surface area contributed by atoms with E-state index >= 15 is 0 Å². The van der Waals surface area contributed by atoms with Gasteiger partial charge in [-0.1, -0.05) is 36.2 Å². The third-order valence-corrected chi connectivity index (χ3v) is 4.92. The van der Waals surface area contributed by atoms with Gasteiger partial charge >= 0.3 is 0 Å². The minimum Gasteiger partial charge on any atom is -0.268 e. The molecule has 0 saturated carbocycles. The molecule has 0 saturated heterocycles. The van der Waals surface area contributed by atoms with Crippen LogP contribution in [0.3, 0.4) is 0 Å². The molecule has 98 valence electrons. The van der Waals surface area contributed by atoms with E-state index in [1.807, 2.05) is 0 Å². The summed E-state index contributed by atoms with van der Waals surface area (Å²) >= 11 is 7.34. The predicted octanol–water partition coefficient (Wildman–Crippen LogP) is 4.58. The van der Waals surface area contributed by atoms with Gasteiger partial charge in [0.25, 0.3) is 0 Å². The molecule has 2 nitrogen and oxygen atoms in total. The fourth-order valence-electron chi connectivity index (χ4n) is 2.13. The number of aryl methyl sites for hydroxylation is 2. The summed E-state index contributed by atoms with van der Waals surface area (Å²) in [5.74, 6) is 0.711. The average Bonchev–Trinajstić information content (AvgIpc) is 2.65. The number of hydrogen-bond acceptors (Lipinski definition) is 1. The van der Waals surface area contributed by atoms with Crippen molar-refractivity contribution in [2.45, 2.75) is 53.0 Å². The smallest absolute Gasteiger partial charge is 0.0766 e. The van der Waals surface area contributed by atoms with E-state index in [0.717, 1.165) is 24.7 Å². The summed E-state index contributed by atoms with van der Waals surface area (Å²) in [6.07, 6.45) is 4.62. The van der Waals surface area contributed by atoms with Crippen molar-refractivity contribution in [1.29, 1.82) is 0 Å². The highest BCUT2D eigenvalue weighted by Gasteiger charge is 2.17. The Morgan fingerprint density at radius 3 is 2.47 bits per heavy atom. The van der Waals surface area contributed by atoms with Crippen LogP contribution in [0.2, 0.25) is 0 Å². The molecular formula is C13H22Br2N2. The van der Waals surface area contributed by atoms with Gasteiger partial charge in [0.2, 0.25) is 0 Å². The summed E-state index contributed by atoms with van der Waals surface area (Å²) < 4.78 is 3.37. The van der Waals surface area contributed by atoms with Gasteiger partial charge in [-0.15, -0.1) is 0 Å². The first-order valence-corrected chi connectivity index (χ1v) is 8.39. The second-order valence-corrected chi connectivity index (χ2v) is 5.83. The van der Waals surface area contributed by atoms with Crippen LogP contribution in [0.1, 0.15) is 45.0 Å². The van der Waals surface area contributed by atoms with E-state index in [9.17, 15) is 0 Å². The Morgan fingerprint density at radius 1 is 1.29 bits per heavy atom. The first-order chi connectivity index (χ1) is 8.17. The highest BCUT2D eigenvalue weighted by Crippen LogP contribution is 2.26. The molecule has 0 aliphatic rings. The Balaban J connectivity index is 2.91. The lowest BCUT2D eigenvalue weighted by molar-refractivity contribution is 0.500. The zero-order chi connectivity index (χ0) is 12.8. The molecule has 0 fully saturated rings. The number of nitrogens with zero attached hydrogens (tertiary/aromatic N) is 2. The highest BCUT2D eigenvalue weighted by molar-refractivity contribution is 9.10. The summed E-state index contributed by atoms with van der Waals surface area (Å²) in [6.45, 7) is 7.52. The Kier molecular flexibility index (Phi) is 6.78. The van der Waals surface area contributed by atoms with Gasteiger partial charge in [-0.25, -0.2) is 0 Å². The molecule has 1 aromatic rings. The van der Waals surface area contributed by atoms with Gasteiger partial charge in [0.15, 0.2) is 0 Å². The molecule has 17 heavy (non-hydrogen) atoms. The maximum Gasteiger partial charge on any atom is 0.0766 e. The molecule has 0 amide bonds. The molecule has 1 aromatic heterocycles. The highest BCUT2D eigenvalue weighted by atomic mass is 79.9. The van der Waals surface area contributed by atoms with E-state index in [0.29, 0.717) is 5.92 Å². The van der Waals surface area contributed by atoms with Gasteiger partial charge in [0.05, 0.1) is 15.9 Å². The summed E-state index contributed by atoms with van der Waals surface area (Å²) in [7, 11) is 0. The van der Waals surface area contributed by atoms with Crippen LogP contribution in [0, 0.1) is 5.92 Å². The van der Waals surface area contributed by atoms with Crippen molar-refractivity contribution in [3.8, 4) is 0 Å². The number of alkyl halides is 1. The fourth-order valence-corrected chi connectivity index (χ4v) is 3.41. The first-order valence-electron chi connectivity index (χ1n) is 6.47. The predicted molar refractivity (Wildman–Crippen MR) is 80.9 cm³/mol. The van der Waals surface area contributed by atoms with Gasteiger partial charge in [-0.2, -0.15) is 5.10 Å². The fraction of sp³-hybridized carbons (Fsp3) is 0.769. The van der Waals surface area contributed by atoms with E-state index in [-0.39, 0.29) is 0 Å². The molecule has 4 heteroatoms. The minimum atomic E-state index is 0.711. The molecule has 0 radical (unpaired) electrons. The molecule has 0 aliphatic carbocycles. The molecule has 1 unspecified atom stereocenters. The van der Waals surface area contributed by atoms with E-state index in [1.165, 1.54) is 28.7 Å². The molecule has 0 bridgehead atoms. The van der Waals surface area contributed by atoms with Gasteiger partial charge in [-0.3, -0.25) is 4.68 Å².